The number of rotatable bonds is 3. The second kappa shape index (κ2) is 4.41. The Bertz CT molecular complexity index is 264. The minimum atomic E-state index is -0.498. The maximum atomic E-state index is 10.7. The molecular formula is C15H26O. The molecule has 0 spiro atoms. The third kappa shape index (κ3) is 3.83. The zero-order valence-electron chi connectivity index (χ0n) is 11.3. The summed E-state index contributed by atoms with van der Waals surface area (Å²) in [7, 11) is 0. The van der Waals surface area contributed by atoms with Crippen LogP contribution in [0.4, 0.5) is 0 Å². The fraction of sp³-hybridized carbons (Fsp3) is 0.867. The molecule has 16 heavy (non-hydrogen) atoms. The molecule has 0 aromatic heterocycles. The molecule has 0 radical (unpaired) electrons. The number of hydrogen-bond donors (Lipinski definition) is 1. The molecule has 1 rings (SSSR count). The van der Waals surface area contributed by atoms with Gasteiger partial charge in [0.2, 0.25) is 0 Å². The highest BCUT2D eigenvalue weighted by molar-refractivity contribution is 4.98. The van der Waals surface area contributed by atoms with Gasteiger partial charge in [0, 0.05) is 6.42 Å². The van der Waals surface area contributed by atoms with Crippen molar-refractivity contribution in [1.82, 2.24) is 0 Å². The molecule has 0 aliphatic heterocycles. The predicted octanol–water partition coefficient (Wildman–Crippen LogP) is 3.76. The summed E-state index contributed by atoms with van der Waals surface area (Å²) in [5.74, 6) is 2.65. The summed E-state index contributed by atoms with van der Waals surface area (Å²) in [5, 5.41) is 10.7. The summed E-state index contributed by atoms with van der Waals surface area (Å²) in [5.41, 5.74) is -0.0125. The zero-order chi connectivity index (χ0) is 12.4. The van der Waals surface area contributed by atoms with E-state index in [1.165, 1.54) is 6.42 Å². The van der Waals surface area contributed by atoms with Crippen LogP contribution < -0.4 is 0 Å². The molecule has 0 heterocycles. The van der Waals surface area contributed by atoms with Crippen molar-refractivity contribution in [1.29, 1.82) is 0 Å². The van der Waals surface area contributed by atoms with Crippen LogP contribution in [0.15, 0.2) is 0 Å². The molecule has 0 atom stereocenters. The SMILES string of the molecule is C#CCCCC1(O)CC(C)(C)CC(C)(C)C1. The summed E-state index contributed by atoms with van der Waals surface area (Å²) in [6.45, 7) is 9.06. The second-order valence-corrected chi connectivity index (χ2v) is 7.14. The smallest absolute Gasteiger partial charge is 0.0658 e. The van der Waals surface area contributed by atoms with E-state index in [2.05, 4.69) is 33.6 Å². The van der Waals surface area contributed by atoms with Gasteiger partial charge in [-0.1, -0.05) is 27.7 Å². The van der Waals surface area contributed by atoms with Gasteiger partial charge in [0.15, 0.2) is 0 Å². The lowest BCUT2D eigenvalue weighted by Crippen LogP contribution is -2.46. The molecule has 0 saturated heterocycles. The average Bonchev–Trinajstić information content (AvgIpc) is 1.96. The Morgan fingerprint density at radius 3 is 2.00 bits per heavy atom. The van der Waals surface area contributed by atoms with Crippen molar-refractivity contribution < 1.29 is 5.11 Å². The Balaban J connectivity index is 2.68. The first-order valence-electron chi connectivity index (χ1n) is 6.34. The molecule has 92 valence electrons. The topological polar surface area (TPSA) is 20.2 Å². The molecule has 1 N–H and O–H groups in total. The Morgan fingerprint density at radius 2 is 1.56 bits per heavy atom. The van der Waals surface area contributed by atoms with Crippen molar-refractivity contribution in [3.8, 4) is 12.3 Å². The minimum Gasteiger partial charge on any atom is -0.390 e. The van der Waals surface area contributed by atoms with Crippen molar-refractivity contribution in [2.75, 3.05) is 0 Å². The van der Waals surface area contributed by atoms with Gasteiger partial charge in [-0.15, -0.1) is 12.3 Å². The fourth-order valence-electron chi connectivity index (χ4n) is 3.96. The van der Waals surface area contributed by atoms with Gasteiger partial charge in [0.05, 0.1) is 5.60 Å². The molecule has 0 unspecified atom stereocenters. The highest BCUT2D eigenvalue weighted by atomic mass is 16.3. The van der Waals surface area contributed by atoms with Crippen LogP contribution in [0.25, 0.3) is 0 Å². The summed E-state index contributed by atoms with van der Waals surface area (Å²) < 4.78 is 0. The van der Waals surface area contributed by atoms with E-state index in [9.17, 15) is 5.11 Å². The molecular weight excluding hydrogens is 196 g/mol. The third-order valence-corrected chi connectivity index (χ3v) is 3.54. The Hall–Kier alpha value is -0.480. The highest BCUT2D eigenvalue weighted by Gasteiger charge is 2.45. The Labute approximate surface area is 101 Å². The van der Waals surface area contributed by atoms with E-state index in [0.717, 1.165) is 32.1 Å². The monoisotopic (exact) mass is 222 g/mol. The van der Waals surface area contributed by atoms with Crippen LogP contribution >= 0.6 is 0 Å². The lowest BCUT2D eigenvalue weighted by Gasteiger charge is -2.49. The summed E-state index contributed by atoms with van der Waals surface area (Å²) in [6.07, 6.45) is 10.9. The van der Waals surface area contributed by atoms with E-state index in [1.54, 1.807) is 0 Å². The molecule has 1 fully saturated rings. The van der Waals surface area contributed by atoms with Gasteiger partial charge < -0.3 is 5.11 Å². The minimum absolute atomic E-state index is 0.243. The zero-order valence-corrected chi connectivity index (χ0v) is 11.3. The molecule has 0 amide bonds. The quantitative estimate of drug-likeness (QED) is 0.569. The molecule has 1 aliphatic carbocycles. The van der Waals surface area contributed by atoms with Crippen LogP contribution in [-0.4, -0.2) is 10.7 Å². The fourth-order valence-corrected chi connectivity index (χ4v) is 3.96. The van der Waals surface area contributed by atoms with Crippen molar-refractivity contribution in [2.45, 2.75) is 71.8 Å². The highest BCUT2D eigenvalue weighted by Crippen LogP contribution is 2.51. The Morgan fingerprint density at radius 1 is 1.06 bits per heavy atom. The third-order valence-electron chi connectivity index (χ3n) is 3.54. The molecule has 1 saturated carbocycles. The maximum absolute atomic E-state index is 10.7. The number of hydrogen-bond acceptors (Lipinski definition) is 1. The lowest BCUT2D eigenvalue weighted by molar-refractivity contribution is -0.0911. The van der Waals surface area contributed by atoms with Crippen LogP contribution in [0.2, 0.25) is 0 Å². The molecule has 0 aromatic carbocycles. The van der Waals surface area contributed by atoms with Gasteiger partial charge >= 0.3 is 0 Å². The van der Waals surface area contributed by atoms with Crippen LogP contribution in [0.5, 0.6) is 0 Å². The van der Waals surface area contributed by atoms with Gasteiger partial charge in [-0.25, -0.2) is 0 Å². The molecule has 1 heteroatoms. The van der Waals surface area contributed by atoms with Gasteiger partial charge in [-0.3, -0.25) is 0 Å². The van der Waals surface area contributed by atoms with E-state index >= 15 is 0 Å². The lowest BCUT2D eigenvalue weighted by atomic mass is 9.59. The standard InChI is InChI=1S/C15H26O/c1-6-7-8-9-15(16)11-13(2,3)10-14(4,5)12-15/h1,16H,7-12H2,2-5H3. The average molecular weight is 222 g/mol. The molecule has 0 bridgehead atoms. The van der Waals surface area contributed by atoms with E-state index in [4.69, 9.17) is 6.42 Å². The van der Waals surface area contributed by atoms with E-state index in [-0.39, 0.29) is 10.8 Å². The second-order valence-electron chi connectivity index (χ2n) is 7.14. The van der Waals surface area contributed by atoms with Crippen LogP contribution in [0.1, 0.15) is 66.2 Å². The van der Waals surface area contributed by atoms with Crippen molar-refractivity contribution in [3.63, 3.8) is 0 Å². The van der Waals surface area contributed by atoms with Gasteiger partial charge in [-0.05, 0) is 42.9 Å². The maximum Gasteiger partial charge on any atom is 0.0658 e. The normalized spacial score (nSPS) is 26.0. The number of aliphatic hydroxyl groups is 1. The molecule has 1 nitrogen and oxygen atoms in total. The van der Waals surface area contributed by atoms with Crippen molar-refractivity contribution in [3.05, 3.63) is 0 Å². The largest absolute Gasteiger partial charge is 0.390 e. The summed E-state index contributed by atoms with van der Waals surface area (Å²) >= 11 is 0. The van der Waals surface area contributed by atoms with Gasteiger partial charge in [0.1, 0.15) is 0 Å². The molecule has 1 aliphatic rings. The summed E-state index contributed by atoms with van der Waals surface area (Å²) in [4.78, 5) is 0. The van der Waals surface area contributed by atoms with Gasteiger partial charge in [0.25, 0.3) is 0 Å². The number of terminal acetylenes is 1. The summed E-state index contributed by atoms with van der Waals surface area (Å²) in [6, 6.07) is 0. The first-order chi connectivity index (χ1) is 7.18. The first-order valence-corrected chi connectivity index (χ1v) is 6.34. The van der Waals surface area contributed by atoms with Crippen LogP contribution in [0.3, 0.4) is 0 Å². The molecule has 0 aromatic rings. The number of unbranched alkanes of at least 4 members (excludes halogenated alkanes) is 1. The van der Waals surface area contributed by atoms with E-state index < -0.39 is 5.60 Å². The van der Waals surface area contributed by atoms with E-state index in [1.807, 2.05) is 0 Å². The van der Waals surface area contributed by atoms with Crippen molar-refractivity contribution in [2.24, 2.45) is 10.8 Å². The Kier molecular flexibility index (Phi) is 3.75. The van der Waals surface area contributed by atoms with Crippen molar-refractivity contribution >= 4 is 0 Å². The van der Waals surface area contributed by atoms with Crippen LogP contribution in [-0.2, 0) is 0 Å². The van der Waals surface area contributed by atoms with E-state index in [0.29, 0.717) is 0 Å². The predicted molar refractivity (Wildman–Crippen MR) is 69.0 cm³/mol. The van der Waals surface area contributed by atoms with Crippen LogP contribution in [0, 0.1) is 23.2 Å². The van der Waals surface area contributed by atoms with Gasteiger partial charge in [-0.2, -0.15) is 0 Å². The first kappa shape index (κ1) is 13.6.